The lowest BCUT2D eigenvalue weighted by molar-refractivity contribution is 0.520. The van der Waals surface area contributed by atoms with E-state index in [9.17, 15) is 0 Å². The van der Waals surface area contributed by atoms with E-state index in [1.807, 2.05) is 12.1 Å². The molecule has 0 radical (unpaired) electrons. The Morgan fingerprint density at radius 2 is 2.47 bits per heavy atom. The predicted molar refractivity (Wildman–Crippen MR) is 61.1 cm³/mol. The molecule has 0 saturated carbocycles. The summed E-state index contributed by atoms with van der Waals surface area (Å²) < 4.78 is 5.28. The average Bonchev–Trinajstić information content (AvgIpc) is 2.88. The fourth-order valence-corrected chi connectivity index (χ4v) is 2.24. The molecule has 0 aliphatic carbocycles. The van der Waals surface area contributed by atoms with E-state index in [1.54, 1.807) is 17.6 Å². The van der Waals surface area contributed by atoms with Gasteiger partial charge >= 0.3 is 0 Å². The first-order valence-electron chi connectivity index (χ1n) is 4.96. The number of nitrogens with zero attached hydrogens (tertiary/aromatic N) is 1. The van der Waals surface area contributed by atoms with E-state index in [0.717, 1.165) is 22.9 Å². The molecule has 15 heavy (non-hydrogen) atoms. The molecule has 4 heteroatoms. The Bertz CT molecular complexity index is 408. The summed E-state index contributed by atoms with van der Waals surface area (Å²) in [7, 11) is 0. The maximum absolute atomic E-state index is 5.60. The molecule has 3 nitrogen and oxygen atoms in total. The molecule has 1 unspecified atom stereocenters. The lowest BCUT2D eigenvalue weighted by atomic mass is 10.1. The Hall–Kier alpha value is -1.13. The minimum atomic E-state index is 0.339. The van der Waals surface area contributed by atoms with Crippen LogP contribution in [0.15, 0.2) is 28.2 Å². The number of aromatic nitrogens is 1. The van der Waals surface area contributed by atoms with Crippen LogP contribution >= 0.6 is 11.3 Å². The molecule has 2 aromatic heterocycles. The third kappa shape index (κ3) is 2.46. The molecule has 0 spiro atoms. The minimum absolute atomic E-state index is 0.339. The fourth-order valence-electron chi connectivity index (χ4n) is 1.32. The Morgan fingerprint density at radius 1 is 1.60 bits per heavy atom. The summed E-state index contributed by atoms with van der Waals surface area (Å²) in [6.07, 6.45) is 2.46. The smallest absolute Gasteiger partial charge is 0.110 e. The van der Waals surface area contributed by atoms with E-state index in [2.05, 4.69) is 17.3 Å². The molecular weight excluding hydrogens is 208 g/mol. The highest BCUT2D eigenvalue weighted by Gasteiger charge is 2.09. The molecular formula is C11H14N2OS. The van der Waals surface area contributed by atoms with Gasteiger partial charge in [0.15, 0.2) is 0 Å². The van der Waals surface area contributed by atoms with Crippen LogP contribution in [0, 0.1) is 0 Å². The van der Waals surface area contributed by atoms with E-state index < -0.39 is 0 Å². The third-order valence-electron chi connectivity index (χ3n) is 2.33. The van der Waals surface area contributed by atoms with Crippen molar-refractivity contribution >= 4 is 11.3 Å². The Balaban J connectivity index is 2.07. The van der Waals surface area contributed by atoms with Crippen LogP contribution in [0.25, 0.3) is 0 Å². The summed E-state index contributed by atoms with van der Waals surface area (Å²) in [5.41, 5.74) is 6.68. The first kappa shape index (κ1) is 10.4. The van der Waals surface area contributed by atoms with Gasteiger partial charge in [-0.15, -0.1) is 11.3 Å². The van der Waals surface area contributed by atoms with Crippen molar-refractivity contribution in [3.05, 3.63) is 40.2 Å². The molecule has 0 saturated heterocycles. The SMILES string of the molecule is CC(CN)c1csc(Cc2ccco2)n1. The van der Waals surface area contributed by atoms with Crippen LogP contribution in [-0.2, 0) is 6.42 Å². The van der Waals surface area contributed by atoms with Gasteiger partial charge in [0.1, 0.15) is 10.8 Å². The maximum atomic E-state index is 5.60. The maximum Gasteiger partial charge on any atom is 0.110 e. The van der Waals surface area contributed by atoms with Gasteiger partial charge in [0.2, 0.25) is 0 Å². The zero-order valence-corrected chi connectivity index (χ0v) is 9.46. The highest BCUT2D eigenvalue weighted by molar-refractivity contribution is 7.09. The van der Waals surface area contributed by atoms with Crippen LogP contribution in [0.5, 0.6) is 0 Å². The number of thiazole rings is 1. The molecule has 1 atom stereocenters. The standard InChI is InChI=1S/C11H14N2OS/c1-8(6-12)10-7-15-11(13-10)5-9-3-2-4-14-9/h2-4,7-8H,5-6,12H2,1H3. The normalized spacial score (nSPS) is 12.9. The molecule has 0 aliphatic rings. The van der Waals surface area contributed by atoms with E-state index >= 15 is 0 Å². The zero-order chi connectivity index (χ0) is 10.7. The summed E-state index contributed by atoms with van der Waals surface area (Å²) in [6, 6.07) is 3.86. The summed E-state index contributed by atoms with van der Waals surface area (Å²) in [5.74, 6) is 1.29. The number of rotatable bonds is 4. The fraction of sp³-hybridized carbons (Fsp3) is 0.364. The van der Waals surface area contributed by atoms with Crippen molar-refractivity contribution in [2.24, 2.45) is 5.73 Å². The largest absolute Gasteiger partial charge is 0.469 e. The molecule has 0 fully saturated rings. The van der Waals surface area contributed by atoms with Gasteiger partial charge in [-0.3, -0.25) is 0 Å². The molecule has 0 aliphatic heterocycles. The van der Waals surface area contributed by atoms with Crippen molar-refractivity contribution in [2.75, 3.05) is 6.54 Å². The van der Waals surface area contributed by atoms with Crippen molar-refractivity contribution in [1.82, 2.24) is 4.98 Å². The number of hydrogen-bond acceptors (Lipinski definition) is 4. The van der Waals surface area contributed by atoms with Gasteiger partial charge in [0.05, 0.1) is 18.4 Å². The molecule has 80 valence electrons. The average molecular weight is 222 g/mol. The molecule has 2 rings (SSSR count). The Morgan fingerprint density at radius 3 is 3.13 bits per heavy atom. The van der Waals surface area contributed by atoms with Crippen LogP contribution in [0.1, 0.15) is 29.3 Å². The lowest BCUT2D eigenvalue weighted by Gasteiger charge is -2.02. The van der Waals surface area contributed by atoms with E-state index in [4.69, 9.17) is 10.2 Å². The first-order valence-corrected chi connectivity index (χ1v) is 5.84. The van der Waals surface area contributed by atoms with E-state index in [0.29, 0.717) is 12.5 Å². The zero-order valence-electron chi connectivity index (χ0n) is 8.64. The number of furan rings is 1. The topological polar surface area (TPSA) is 52.0 Å². The second-order valence-corrected chi connectivity index (χ2v) is 4.50. The summed E-state index contributed by atoms with van der Waals surface area (Å²) >= 11 is 1.66. The van der Waals surface area contributed by atoms with Crippen molar-refractivity contribution in [3.8, 4) is 0 Å². The Kier molecular flexibility index (Phi) is 3.18. The van der Waals surface area contributed by atoms with Gasteiger partial charge in [-0.2, -0.15) is 0 Å². The van der Waals surface area contributed by atoms with E-state index in [1.165, 1.54) is 0 Å². The van der Waals surface area contributed by atoms with Crippen LogP contribution in [-0.4, -0.2) is 11.5 Å². The monoisotopic (exact) mass is 222 g/mol. The first-order chi connectivity index (χ1) is 7.29. The van der Waals surface area contributed by atoms with Crippen LogP contribution < -0.4 is 5.73 Å². The summed E-state index contributed by atoms with van der Waals surface area (Å²) in [5, 5.41) is 3.16. The highest BCUT2D eigenvalue weighted by atomic mass is 32.1. The molecule has 2 N–H and O–H groups in total. The summed E-state index contributed by atoms with van der Waals surface area (Å²) in [6.45, 7) is 2.73. The summed E-state index contributed by atoms with van der Waals surface area (Å²) in [4.78, 5) is 4.53. The van der Waals surface area contributed by atoms with Crippen molar-refractivity contribution in [1.29, 1.82) is 0 Å². The van der Waals surface area contributed by atoms with Gasteiger partial charge in [-0.1, -0.05) is 6.92 Å². The molecule has 2 aromatic rings. The van der Waals surface area contributed by atoms with Crippen molar-refractivity contribution in [2.45, 2.75) is 19.3 Å². The molecule has 0 aromatic carbocycles. The Labute approximate surface area is 92.9 Å². The van der Waals surface area contributed by atoms with Crippen molar-refractivity contribution < 1.29 is 4.42 Å². The second-order valence-electron chi connectivity index (χ2n) is 3.56. The molecule has 0 amide bonds. The van der Waals surface area contributed by atoms with Gasteiger partial charge in [-0.25, -0.2) is 4.98 Å². The quantitative estimate of drug-likeness (QED) is 0.864. The molecule has 2 heterocycles. The van der Waals surface area contributed by atoms with Crippen molar-refractivity contribution in [3.63, 3.8) is 0 Å². The minimum Gasteiger partial charge on any atom is -0.469 e. The predicted octanol–water partition coefficient (Wildman–Crippen LogP) is 2.39. The van der Waals surface area contributed by atoms with Gasteiger partial charge in [-0.05, 0) is 12.1 Å². The van der Waals surface area contributed by atoms with Gasteiger partial charge < -0.3 is 10.2 Å². The number of nitrogens with two attached hydrogens (primary N) is 1. The van der Waals surface area contributed by atoms with Gasteiger partial charge in [0, 0.05) is 17.8 Å². The molecule has 0 bridgehead atoms. The number of hydrogen-bond donors (Lipinski definition) is 1. The lowest BCUT2D eigenvalue weighted by Crippen LogP contribution is -2.09. The van der Waals surface area contributed by atoms with Crippen LogP contribution in [0.2, 0.25) is 0 Å². The van der Waals surface area contributed by atoms with E-state index in [-0.39, 0.29) is 0 Å². The second kappa shape index (κ2) is 4.59. The highest BCUT2D eigenvalue weighted by Crippen LogP contribution is 2.19. The van der Waals surface area contributed by atoms with Gasteiger partial charge in [0.25, 0.3) is 0 Å². The third-order valence-corrected chi connectivity index (χ3v) is 3.20. The van der Waals surface area contributed by atoms with Crippen LogP contribution in [0.3, 0.4) is 0 Å². The van der Waals surface area contributed by atoms with Crippen LogP contribution in [0.4, 0.5) is 0 Å².